The van der Waals surface area contributed by atoms with Crippen LogP contribution in [0.25, 0.3) is 33.4 Å². The minimum Gasteiger partial charge on any atom is -0.399 e. The molecule has 1 heterocycles. The van der Waals surface area contributed by atoms with Crippen LogP contribution >= 0.6 is 11.6 Å². The van der Waals surface area contributed by atoms with Crippen LogP contribution in [0, 0.1) is 0 Å². The van der Waals surface area contributed by atoms with Gasteiger partial charge in [0, 0.05) is 16.8 Å². The van der Waals surface area contributed by atoms with Crippen molar-refractivity contribution < 1.29 is 21.4 Å². The molecule has 0 atom stereocenters. The van der Waals surface area contributed by atoms with Crippen molar-refractivity contribution in [2.45, 2.75) is 9.79 Å². The quantitative estimate of drug-likeness (QED) is 0.186. The Morgan fingerprint density at radius 2 is 1.42 bits per heavy atom. The molecule has 192 valence electrons. The van der Waals surface area contributed by atoms with Crippen molar-refractivity contribution in [3.63, 3.8) is 0 Å². The second-order valence-electron chi connectivity index (χ2n) is 8.23. The molecule has 1 aromatic heterocycles. The molecule has 0 aliphatic carbocycles. The van der Waals surface area contributed by atoms with E-state index >= 15 is 0 Å². The highest BCUT2D eigenvalue weighted by Crippen LogP contribution is 2.38. The minimum atomic E-state index is -4.71. The number of nitrogens with two attached hydrogens (primary N) is 1. The summed E-state index contributed by atoms with van der Waals surface area (Å²) in [5.74, 6) is -0.256. The van der Waals surface area contributed by atoms with Gasteiger partial charge in [-0.2, -0.15) is 8.42 Å². The second kappa shape index (κ2) is 9.69. The number of hydrogen-bond donors (Lipinski definition) is 3. The Bertz CT molecular complexity index is 1900. The van der Waals surface area contributed by atoms with Crippen LogP contribution in [-0.4, -0.2) is 31.4 Å². The summed E-state index contributed by atoms with van der Waals surface area (Å²) >= 11 is 6.74. The lowest BCUT2D eigenvalue weighted by Gasteiger charge is -2.15. The molecule has 0 aliphatic heterocycles. The molecule has 0 saturated heterocycles. The molecule has 0 radical (unpaired) electrons. The first kappa shape index (κ1) is 25.6. The van der Waals surface area contributed by atoms with Crippen molar-refractivity contribution in [3.8, 4) is 22.4 Å². The molecule has 0 aliphatic rings. The van der Waals surface area contributed by atoms with Gasteiger partial charge in [0.05, 0.1) is 15.4 Å². The number of rotatable bonds is 6. The van der Waals surface area contributed by atoms with Gasteiger partial charge in [-0.3, -0.25) is 9.27 Å². The number of nitrogen functional groups attached to an aromatic ring is 1. The predicted octanol–water partition coefficient (Wildman–Crippen LogP) is 5.25. The maximum atomic E-state index is 13.2. The summed E-state index contributed by atoms with van der Waals surface area (Å²) in [4.78, 5) is 8.47. The number of anilines is 2. The van der Waals surface area contributed by atoms with Crippen LogP contribution in [0.5, 0.6) is 0 Å². The highest BCUT2D eigenvalue weighted by molar-refractivity contribution is 7.92. The van der Waals surface area contributed by atoms with Crippen molar-refractivity contribution in [1.82, 2.24) is 9.97 Å². The van der Waals surface area contributed by atoms with Gasteiger partial charge in [0.15, 0.2) is 5.82 Å². The third-order valence-corrected chi connectivity index (χ3v) is 8.35. The normalized spacial score (nSPS) is 11.9. The van der Waals surface area contributed by atoms with Crippen molar-refractivity contribution in [2.75, 3.05) is 10.5 Å². The van der Waals surface area contributed by atoms with Gasteiger partial charge in [-0.1, -0.05) is 66.2 Å². The smallest absolute Gasteiger partial charge is 0.295 e. The summed E-state index contributed by atoms with van der Waals surface area (Å²) in [6, 6.07) is 23.7. The zero-order chi connectivity index (χ0) is 27.1. The summed E-state index contributed by atoms with van der Waals surface area (Å²) in [7, 11) is -8.90. The van der Waals surface area contributed by atoms with E-state index in [0.717, 1.165) is 5.56 Å². The van der Waals surface area contributed by atoms with E-state index in [0.29, 0.717) is 11.3 Å². The third-order valence-electron chi connectivity index (χ3n) is 5.70. The number of aromatic nitrogens is 2. The number of halogens is 1. The van der Waals surface area contributed by atoms with E-state index in [2.05, 4.69) is 14.7 Å². The number of nitrogens with one attached hydrogen (secondary N) is 1. The Labute approximate surface area is 223 Å². The average Bonchev–Trinajstić information content (AvgIpc) is 2.89. The molecule has 0 amide bonds. The van der Waals surface area contributed by atoms with Gasteiger partial charge < -0.3 is 5.73 Å². The molecule has 0 fully saturated rings. The Morgan fingerprint density at radius 3 is 2.11 bits per heavy atom. The largest absolute Gasteiger partial charge is 0.399 e. The van der Waals surface area contributed by atoms with E-state index < -0.39 is 25.0 Å². The molecule has 5 rings (SSSR count). The van der Waals surface area contributed by atoms with Gasteiger partial charge in [0.25, 0.3) is 20.1 Å². The van der Waals surface area contributed by atoms with Gasteiger partial charge in [0.2, 0.25) is 0 Å². The van der Waals surface area contributed by atoms with Gasteiger partial charge in [-0.25, -0.2) is 18.4 Å². The minimum absolute atomic E-state index is 0.0689. The van der Waals surface area contributed by atoms with Gasteiger partial charge >= 0.3 is 0 Å². The van der Waals surface area contributed by atoms with Crippen LogP contribution in [0.4, 0.5) is 11.5 Å². The molecule has 0 saturated carbocycles. The summed E-state index contributed by atoms with van der Waals surface area (Å²) in [6.07, 6.45) is 0. The first-order valence-electron chi connectivity index (χ1n) is 11.1. The van der Waals surface area contributed by atoms with E-state index in [1.807, 2.05) is 30.3 Å². The maximum absolute atomic E-state index is 13.2. The number of nitrogens with zero attached hydrogens (tertiary/aromatic N) is 2. The second-order valence-corrected chi connectivity index (χ2v) is 11.7. The first-order chi connectivity index (χ1) is 18.0. The Balaban J connectivity index is 1.77. The molecule has 4 aromatic carbocycles. The number of hydrogen-bond acceptors (Lipinski definition) is 7. The summed E-state index contributed by atoms with van der Waals surface area (Å²) < 4.78 is 63.0. The van der Waals surface area contributed by atoms with Crippen LogP contribution in [-0.2, 0) is 20.1 Å². The van der Waals surface area contributed by atoms with E-state index in [1.165, 1.54) is 48.5 Å². The SMILES string of the molecule is Nc1ccc(S(=O)(=O)Nc2nc3ccc(-c4ccccc4)c(Cl)c3nc2-c2ccccc2S(=O)(=O)O)cc1. The molecule has 0 spiro atoms. The lowest BCUT2D eigenvalue weighted by molar-refractivity contribution is 0.483. The van der Waals surface area contributed by atoms with Gasteiger partial charge in [-0.15, -0.1) is 0 Å². The van der Waals surface area contributed by atoms with Crippen LogP contribution in [0.1, 0.15) is 0 Å². The van der Waals surface area contributed by atoms with Crippen molar-refractivity contribution in [2.24, 2.45) is 0 Å². The van der Waals surface area contributed by atoms with Crippen LogP contribution < -0.4 is 10.5 Å². The van der Waals surface area contributed by atoms with Gasteiger partial charge in [-0.05, 0) is 42.0 Å². The van der Waals surface area contributed by atoms with E-state index in [4.69, 9.17) is 17.3 Å². The van der Waals surface area contributed by atoms with Crippen LogP contribution in [0.15, 0.2) is 101 Å². The summed E-state index contributed by atoms with van der Waals surface area (Å²) in [5.41, 5.74) is 7.78. The molecule has 0 bridgehead atoms. The van der Waals surface area contributed by atoms with Crippen LogP contribution in [0.3, 0.4) is 0 Å². The average molecular weight is 567 g/mol. The Morgan fingerprint density at radius 1 is 0.763 bits per heavy atom. The van der Waals surface area contributed by atoms with Crippen molar-refractivity contribution in [3.05, 3.63) is 96.0 Å². The highest BCUT2D eigenvalue weighted by atomic mass is 35.5. The van der Waals surface area contributed by atoms with Gasteiger partial charge in [0.1, 0.15) is 16.1 Å². The molecule has 12 heteroatoms. The number of benzene rings is 4. The summed E-state index contributed by atoms with van der Waals surface area (Å²) in [6.45, 7) is 0. The fraction of sp³-hybridized carbons (Fsp3) is 0. The maximum Gasteiger partial charge on any atom is 0.295 e. The zero-order valence-electron chi connectivity index (χ0n) is 19.4. The lowest BCUT2D eigenvalue weighted by Crippen LogP contribution is -2.16. The molecule has 0 unspecified atom stereocenters. The van der Waals surface area contributed by atoms with Crippen molar-refractivity contribution in [1.29, 1.82) is 0 Å². The first-order valence-corrected chi connectivity index (χ1v) is 14.4. The monoisotopic (exact) mass is 566 g/mol. The molecule has 38 heavy (non-hydrogen) atoms. The van der Waals surface area contributed by atoms with E-state index in [9.17, 15) is 21.4 Å². The molecule has 4 N–H and O–H groups in total. The topological polar surface area (TPSA) is 152 Å². The fourth-order valence-corrected chi connectivity index (χ4v) is 5.92. The van der Waals surface area contributed by atoms with E-state index in [1.54, 1.807) is 12.1 Å². The fourth-order valence-electron chi connectivity index (χ4n) is 3.91. The standard InChI is InChI=1S/C26H19ClN4O5S2/c27-23-19(16-6-2-1-3-7-16)14-15-21-25(23)30-24(20-8-4-5-9-22(20)38(34,35)36)26(29-21)31-37(32,33)18-12-10-17(28)11-13-18/h1-15H,28H2,(H,29,31)(H,34,35,36). The Kier molecular flexibility index (Phi) is 6.53. The molecular formula is C26H19ClN4O5S2. The molecule has 9 nitrogen and oxygen atoms in total. The molecular weight excluding hydrogens is 548 g/mol. The lowest BCUT2D eigenvalue weighted by atomic mass is 10.0. The highest BCUT2D eigenvalue weighted by Gasteiger charge is 2.25. The third kappa shape index (κ3) is 4.92. The Hall–Kier alpha value is -4.03. The predicted molar refractivity (Wildman–Crippen MR) is 147 cm³/mol. The van der Waals surface area contributed by atoms with Crippen molar-refractivity contribution >= 4 is 54.3 Å². The van der Waals surface area contributed by atoms with Crippen LogP contribution in [0.2, 0.25) is 5.02 Å². The summed E-state index contributed by atoms with van der Waals surface area (Å²) in [5, 5.41) is 0.236. The molecule has 5 aromatic rings. The van der Waals surface area contributed by atoms with E-state index in [-0.39, 0.29) is 38.0 Å². The number of sulfonamides is 1. The zero-order valence-corrected chi connectivity index (χ0v) is 21.8. The number of fused-ring (bicyclic) bond motifs is 1.